The number of carbonyl (C=O) groups excluding carboxylic acids is 2. The van der Waals surface area contributed by atoms with E-state index in [0.29, 0.717) is 0 Å². The van der Waals surface area contributed by atoms with Gasteiger partial charge in [-0.3, -0.25) is 4.79 Å². The zero-order valence-electron chi connectivity index (χ0n) is 17.0. The molecular formula is C22H25N3O5. The average Bonchev–Trinajstić information content (AvgIpc) is 3.06. The van der Waals surface area contributed by atoms with E-state index in [0.717, 1.165) is 16.5 Å². The summed E-state index contributed by atoms with van der Waals surface area (Å²) in [6.07, 6.45) is 1.20. The van der Waals surface area contributed by atoms with Gasteiger partial charge in [0, 0.05) is 23.5 Å². The van der Waals surface area contributed by atoms with Crippen molar-refractivity contribution in [1.29, 1.82) is 0 Å². The van der Waals surface area contributed by atoms with Crippen LogP contribution in [0.15, 0.2) is 48.7 Å². The number of aromatic nitrogens is 1. The van der Waals surface area contributed by atoms with Crippen molar-refractivity contribution >= 4 is 28.6 Å². The summed E-state index contributed by atoms with van der Waals surface area (Å²) in [4.78, 5) is 28.4. The Morgan fingerprint density at radius 3 is 2.40 bits per heavy atom. The van der Waals surface area contributed by atoms with E-state index < -0.39 is 23.6 Å². The lowest BCUT2D eigenvalue weighted by Crippen LogP contribution is -2.47. The van der Waals surface area contributed by atoms with Gasteiger partial charge in [0.05, 0.1) is 0 Å². The van der Waals surface area contributed by atoms with Crippen LogP contribution in [0.5, 0.6) is 11.5 Å². The quantitative estimate of drug-likeness (QED) is 0.410. The maximum Gasteiger partial charge on any atom is 0.408 e. The molecule has 0 aliphatic heterocycles. The third kappa shape index (κ3) is 5.02. The lowest BCUT2D eigenvalue weighted by Gasteiger charge is -2.23. The number of phenolic OH excluding ortho intramolecular Hbond substituents is 2. The maximum atomic E-state index is 13.0. The number of hydrogen-bond donors (Lipinski definition) is 5. The summed E-state index contributed by atoms with van der Waals surface area (Å²) in [5, 5.41) is 25.9. The summed E-state index contributed by atoms with van der Waals surface area (Å²) >= 11 is 0. The summed E-state index contributed by atoms with van der Waals surface area (Å²) in [5.41, 5.74) is 0.866. The second kappa shape index (κ2) is 8.36. The number of amides is 2. The van der Waals surface area contributed by atoms with Gasteiger partial charge in [-0.2, -0.15) is 0 Å². The van der Waals surface area contributed by atoms with E-state index in [9.17, 15) is 19.8 Å². The number of aromatic hydroxyl groups is 2. The third-order valence-electron chi connectivity index (χ3n) is 4.38. The molecule has 0 saturated heterocycles. The molecule has 1 aromatic heterocycles. The monoisotopic (exact) mass is 411 g/mol. The molecule has 1 heterocycles. The standard InChI is InChI=1S/C22H25N3O5/c1-22(2,3)30-21(29)24-16(11-13-12-23-15-8-5-4-7-14(13)15)20(28)25-19-17(26)9-6-10-18(19)27/h4-10,12,16,23,26-27H,11H2,1-3H3,(H,24,29)(H,25,28)/t16-/m1/s1. The molecule has 0 spiro atoms. The molecule has 0 radical (unpaired) electrons. The van der Waals surface area contributed by atoms with E-state index in [4.69, 9.17) is 4.74 Å². The molecule has 2 amide bonds. The minimum absolute atomic E-state index is 0.127. The van der Waals surface area contributed by atoms with Crippen LogP contribution in [0.3, 0.4) is 0 Å². The van der Waals surface area contributed by atoms with Crippen molar-refractivity contribution in [3.63, 3.8) is 0 Å². The molecule has 8 heteroatoms. The fourth-order valence-electron chi connectivity index (χ4n) is 3.05. The Kier molecular flexibility index (Phi) is 5.86. The first-order valence-corrected chi connectivity index (χ1v) is 9.50. The average molecular weight is 411 g/mol. The smallest absolute Gasteiger partial charge is 0.408 e. The van der Waals surface area contributed by atoms with Gasteiger partial charge < -0.3 is 30.6 Å². The van der Waals surface area contributed by atoms with E-state index >= 15 is 0 Å². The van der Waals surface area contributed by atoms with Crippen molar-refractivity contribution < 1.29 is 24.5 Å². The number of anilines is 1. The summed E-state index contributed by atoms with van der Waals surface area (Å²) in [5.74, 6) is -1.18. The Balaban J connectivity index is 1.86. The van der Waals surface area contributed by atoms with Gasteiger partial charge in [-0.1, -0.05) is 24.3 Å². The minimum Gasteiger partial charge on any atom is -0.506 e. The van der Waals surface area contributed by atoms with Gasteiger partial charge >= 0.3 is 6.09 Å². The van der Waals surface area contributed by atoms with Crippen LogP contribution in [0, 0.1) is 0 Å². The molecule has 30 heavy (non-hydrogen) atoms. The fourth-order valence-corrected chi connectivity index (χ4v) is 3.05. The van der Waals surface area contributed by atoms with Gasteiger partial charge in [-0.05, 0) is 44.5 Å². The predicted octanol–water partition coefficient (Wildman–Crippen LogP) is 3.65. The second-order valence-corrected chi connectivity index (χ2v) is 7.92. The molecule has 3 rings (SSSR count). The number of aromatic amines is 1. The molecule has 5 N–H and O–H groups in total. The highest BCUT2D eigenvalue weighted by Gasteiger charge is 2.27. The number of phenols is 2. The molecule has 0 fully saturated rings. The number of benzene rings is 2. The van der Waals surface area contributed by atoms with Crippen molar-refractivity contribution in [3.05, 3.63) is 54.2 Å². The Morgan fingerprint density at radius 1 is 1.07 bits per heavy atom. The van der Waals surface area contributed by atoms with E-state index in [1.165, 1.54) is 18.2 Å². The highest BCUT2D eigenvalue weighted by Crippen LogP contribution is 2.32. The number of para-hydroxylation sites is 2. The van der Waals surface area contributed by atoms with Gasteiger partial charge in [0.1, 0.15) is 28.8 Å². The van der Waals surface area contributed by atoms with Crippen molar-refractivity contribution in [2.45, 2.75) is 38.8 Å². The van der Waals surface area contributed by atoms with Crippen LogP contribution >= 0.6 is 0 Å². The van der Waals surface area contributed by atoms with Crippen LogP contribution in [0.4, 0.5) is 10.5 Å². The first-order chi connectivity index (χ1) is 14.1. The van der Waals surface area contributed by atoms with E-state index in [-0.39, 0.29) is 23.6 Å². The highest BCUT2D eigenvalue weighted by molar-refractivity contribution is 5.99. The maximum absolute atomic E-state index is 13.0. The molecule has 2 aromatic carbocycles. The van der Waals surface area contributed by atoms with Crippen molar-refractivity contribution in [3.8, 4) is 11.5 Å². The number of carbonyl (C=O) groups is 2. The SMILES string of the molecule is CC(C)(C)OC(=O)N[C@H](Cc1c[nH]c2ccccc12)C(=O)Nc1c(O)cccc1O. The molecule has 0 aliphatic carbocycles. The number of ether oxygens (including phenoxy) is 1. The molecule has 0 bridgehead atoms. The molecule has 158 valence electrons. The third-order valence-corrected chi connectivity index (χ3v) is 4.38. The topological polar surface area (TPSA) is 124 Å². The van der Waals surface area contributed by atoms with Crippen LogP contribution < -0.4 is 10.6 Å². The molecule has 1 atom stereocenters. The van der Waals surface area contributed by atoms with Crippen LogP contribution in [-0.2, 0) is 16.0 Å². The zero-order chi connectivity index (χ0) is 21.9. The van der Waals surface area contributed by atoms with Crippen LogP contribution in [0.25, 0.3) is 10.9 Å². The normalized spacial score (nSPS) is 12.4. The number of rotatable bonds is 5. The Bertz CT molecular complexity index is 1050. The first-order valence-electron chi connectivity index (χ1n) is 9.50. The molecule has 0 saturated carbocycles. The first kappa shape index (κ1) is 21.0. The van der Waals surface area contributed by atoms with Gasteiger partial charge in [0.2, 0.25) is 5.91 Å². The number of alkyl carbamates (subject to hydrolysis) is 1. The number of H-pyrrole nitrogens is 1. The number of fused-ring (bicyclic) bond motifs is 1. The van der Waals surface area contributed by atoms with Crippen molar-refractivity contribution in [1.82, 2.24) is 10.3 Å². The fraction of sp³-hybridized carbons (Fsp3) is 0.273. The number of hydrogen-bond acceptors (Lipinski definition) is 5. The summed E-state index contributed by atoms with van der Waals surface area (Å²) in [6, 6.07) is 10.7. The second-order valence-electron chi connectivity index (χ2n) is 7.92. The van der Waals surface area contributed by atoms with E-state index in [1.54, 1.807) is 27.0 Å². The summed E-state index contributed by atoms with van der Waals surface area (Å²) < 4.78 is 5.29. The minimum atomic E-state index is -1.02. The Hall–Kier alpha value is -3.68. The Labute approximate surface area is 173 Å². The lowest BCUT2D eigenvalue weighted by atomic mass is 10.0. The van der Waals surface area contributed by atoms with E-state index in [1.807, 2.05) is 24.3 Å². The van der Waals surface area contributed by atoms with Gasteiger partial charge in [-0.15, -0.1) is 0 Å². The molecule has 0 unspecified atom stereocenters. The molecule has 0 aliphatic rings. The van der Waals surface area contributed by atoms with E-state index in [2.05, 4.69) is 15.6 Å². The molecular weight excluding hydrogens is 386 g/mol. The van der Waals surface area contributed by atoms with Crippen LogP contribution in [0.1, 0.15) is 26.3 Å². The zero-order valence-corrected chi connectivity index (χ0v) is 17.0. The molecule has 3 aromatic rings. The van der Waals surface area contributed by atoms with Crippen LogP contribution in [0.2, 0.25) is 0 Å². The Morgan fingerprint density at radius 2 is 1.73 bits per heavy atom. The van der Waals surface area contributed by atoms with Crippen molar-refractivity contribution in [2.24, 2.45) is 0 Å². The lowest BCUT2D eigenvalue weighted by molar-refractivity contribution is -0.118. The molecule has 8 nitrogen and oxygen atoms in total. The largest absolute Gasteiger partial charge is 0.506 e. The summed E-state index contributed by atoms with van der Waals surface area (Å²) in [6.45, 7) is 5.17. The van der Waals surface area contributed by atoms with Crippen LogP contribution in [-0.4, -0.2) is 38.8 Å². The number of nitrogens with one attached hydrogen (secondary N) is 3. The predicted molar refractivity (Wildman–Crippen MR) is 114 cm³/mol. The van der Waals surface area contributed by atoms with Gasteiger partial charge in [-0.25, -0.2) is 4.79 Å². The van der Waals surface area contributed by atoms with Crippen molar-refractivity contribution in [2.75, 3.05) is 5.32 Å². The van der Waals surface area contributed by atoms with Gasteiger partial charge in [0.15, 0.2) is 0 Å². The highest BCUT2D eigenvalue weighted by atomic mass is 16.6. The summed E-state index contributed by atoms with van der Waals surface area (Å²) in [7, 11) is 0. The van der Waals surface area contributed by atoms with Gasteiger partial charge in [0.25, 0.3) is 0 Å².